The Kier molecular flexibility index (Phi) is 5.80. The maximum atomic E-state index is 13.2. The van der Waals surface area contributed by atoms with Gasteiger partial charge in [0.05, 0.1) is 13.2 Å². The van der Waals surface area contributed by atoms with Gasteiger partial charge in [0.25, 0.3) is 5.91 Å². The second-order valence-corrected chi connectivity index (χ2v) is 6.48. The zero-order chi connectivity index (χ0) is 17.2. The summed E-state index contributed by atoms with van der Waals surface area (Å²) >= 11 is 0. The molecule has 8 heteroatoms. The van der Waals surface area contributed by atoms with Crippen molar-refractivity contribution < 1.29 is 14.1 Å². The van der Waals surface area contributed by atoms with Crippen LogP contribution in [0.25, 0.3) is 11.3 Å². The van der Waals surface area contributed by atoms with E-state index < -0.39 is 0 Å². The summed E-state index contributed by atoms with van der Waals surface area (Å²) < 4.78 is 11.0. The fourth-order valence-electron chi connectivity index (χ4n) is 3.38. The van der Waals surface area contributed by atoms with Crippen LogP contribution in [-0.2, 0) is 4.74 Å². The number of rotatable bonds is 3. The molecule has 2 fully saturated rings. The number of amides is 1. The Morgan fingerprint density at radius 1 is 1.15 bits per heavy atom. The number of hydrogen-bond acceptors (Lipinski definition) is 6. The summed E-state index contributed by atoms with van der Waals surface area (Å²) in [6.45, 7) is 3.87. The molecule has 2 N–H and O–H groups in total. The van der Waals surface area contributed by atoms with Gasteiger partial charge >= 0.3 is 0 Å². The lowest BCUT2D eigenvalue weighted by atomic mass is 10.1. The first-order valence-electron chi connectivity index (χ1n) is 8.66. The van der Waals surface area contributed by atoms with E-state index in [0.717, 1.165) is 12.0 Å². The smallest absolute Gasteiger partial charge is 0.261 e. The van der Waals surface area contributed by atoms with E-state index in [4.69, 9.17) is 15.0 Å². The minimum Gasteiger partial charge on any atom is -0.378 e. The average Bonchev–Trinajstić information content (AvgIpc) is 3.29. The zero-order valence-electron chi connectivity index (χ0n) is 14.5. The number of nitrogens with zero attached hydrogens (tertiary/aromatic N) is 3. The Balaban J connectivity index is 0.00000196. The molecular weight excluding hydrogens is 356 g/mol. The molecule has 0 aliphatic carbocycles. The van der Waals surface area contributed by atoms with Gasteiger partial charge in [0.15, 0.2) is 11.6 Å². The topological polar surface area (TPSA) is 84.8 Å². The average molecular weight is 379 g/mol. The van der Waals surface area contributed by atoms with Crippen LogP contribution in [0.2, 0.25) is 0 Å². The zero-order valence-corrected chi connectivity index (χ0v) is 15.3. The monoisotopic (exact) mass is 378 g/mol. The maximum Gasteiger partial charge on any atom is 0.261 e. The van der Waals surface area contributed by atoms with Crippen molar-refractivity contribution in [3.05, 3.63) is 35.9 Å². The fraction of sp³-hybridized carbons (Fsp3) is 0.444. The van der Waals surface area contributed by atoms with Crippen LogP contribution >= 0.6 is 12.4 Å². The van der Waals surface area contributed by atoms with E-state index in [1.807, 2.05) is 30.3 Å². The highest BCUT2D eigenvalue weighted by atomic mass is 35.5. The Hall–Kier alpha value is -2.09. The van der Waals surface area contributed by atoms with Crippen LogP contribution in [0.15, 0.2) is 34.9 Å². The van der Waals surface area contributed by atoms with Crippen molar-refractivity contribution in [3.63, 3.8) is 0 Å². The van der Waals surface area contributed by atoms with Gasteiger partial charge in [-0.05, 0) is 6.42 Å². The summed E-state index contributed by atoms with van der Waals surface area (Å²) in [6, 6.07) is 9.67. The van der Waals surface area contributed by atoms with Crippen molar-refractivity contribution in [3.8, 4) is 11.3 Å². The third-order valence-corrected chi connectivity index (χ3v) is 4.75. The van der Waals surface area contributed by atoms with Crippen LogP contribution in [0.5, 0.6) is 0 Å². The molecule has 1 atom stereocenters. The molecule has 7 nitrogen and oxygen atoms in total. The highest BCUT2D eigenvalue weighted by molar-refractivity contribution is 6.04. The first kappa shape index (κ1) is 18.7. The van der Waals surface area contributed by atoms with Gasteiger partial charge in [0, 0.05) is 37.8 Å². The van der Waals surface area contributed by atoms with Crippen LogP contribution in [0, 0.1) is 0 Å². The number of benzene rings is 1. The predicted octanol–water partition coefficient (Wildman–Crippen LogP) is 1.77. The normalized spacial score (nSPS) is 20.1. The number of anilines is 1. The fourth-order valence-corrected chi connectivity index (χ4v) is 3.38. The molecule has 4 rings (SSSR count). The number of halogens is 1. The molecular formula is C18H23ClN4O3. The van der Waals surface area contributed by atoms with E-state index in [0.29, 0.717) is 56.5 Å². The second-order valence-electron chi connectivity index (χ2n) is 6.48. The molecule has 2 aromatic rings. The van der Waals surface area contributed by atoms with Crippen molar-refractivity contribution in [1.29, 1.82) is 0 Å². The van der Waals surface area contributed by atoms with Gasteiger partial charge in [-0.3, -0.25) is 4.79 Å². The van der Waals surface area contributed by atoms with Gasteiger partial charge in [0.2, 0.25) is 0 Å². The van der Waals surface area contributed by atoms with Crippen molar-refractivity contribution in [2.24, 2.45) is 5.73 Å². The Morgan fingerprint density at radius 3 is 2.54 bits per heavy atom. The van der Waals surface area contributed by atoms with E-state index in [-0.39, 0.29) is 24.4 Å². The quantitative estimate of drug-likeness (QED) is 0.876. The molecule has 2 saturated heterocycles. The number of aromatic nitrogens is 1. The summed E-state index contributed by atoms with van der Waals surface area (Å²) in [5.74, 6) is 1.06. The standard InChI is InChI=1S/C18H22N4O3.ClH/c19-14-6-7-22(12-14)18(23)15-16(13-4-2-1-3-5-13)25-20-17(15)21-8-10-24-11-9-21;/h1-5,14H,6-12,19H2;1H/t14-;/m0./s1. The minimum absolute atomic E-state index is 0. The highest BCUT2D eigenvalue weighted by Crippen LogP contribution is 2.33. The van der Waals surface area contributed by atoms with Crippen LogP contribution in [-0.4, -0.2) is 61.4 Å². The highest BCUT2D eigenvalue weighted by Gasteiger charge is 2.33. The Bertz CT molecular complexity index is 746. The van der Waals surface area contributed by atoms with Crippen LogP contribution in [0.1, 0.15) is 16.8 Å². The maximum absolute atomic E-state index is 13.2. The summed E-state index contributed by atoms with van der Waals surface area (Å²) in [6.07, 6.45) is 0.824. The molecule has 1 aromatic carbocycles. The lowest BCUT2D eigenvalue weighted by Gasteiger charge is -2.27. The van der Waals surface area contributed by atoms with Gasteiger partial charge in [-0.25, -0.2) is 0 Å². The van der Waals surface area contributed by atoms with Gasteiger partial charge in [-0.1, -0.05) is 35.5 Å². The van der Waals surface area contributed by atoms with Crippen molar-refractivity contribution >= 4 is 24.1 Å². The summed E-state index contributed by atoms with van der Waals surface area (Å²) in [4.78, 5) is 17.1. The van der Waals surface area contributed by atoms with Gasteiger partial charge < -0.3 is 24.8 Å². The summed E-state index contributed by atoms with van der Waals surface area (Å²) in [5.41, 5.74) is 7.36. The third kappa shape index (κ3) is 3.56. The van der Waals surface area contributed by atoms with E-state index in [9.17, 15) is 4.79 Å². The largest absolute Gasteiger partial charge is 0.378 e. The SMILES string of the molecule is Cl.N[C@H]1CCN(C(=O)c2c(N3CCOCC3)noc2-c2ccccc2)C1. The lowest BCUT2D eigenvalue weighted by Crippen LogP contribution is -2.38. The summed E-state index contributed by atoms with van der Waals surface area (Å²) in [7, 11) is 0. The number of carbonyl (C=O) groups excluding carboxylic acids is 1. The molecule has 1 amide bonds. The molecule has 26 heavy (non-hydrogen) atoms. The number of likely N-dealkylation sites (tertiary alicyclic amines) is 1. The molecule has 3 heterocycles. The molecule has 0 unspecified atom stereocenters. The molecule has 2 aliphatic rings. The number of ether oxygens (including phenoxy) is 1. The molecule has 0 bridgehead atoms. The van der Waals surface area contributed by atoms with E-state index in [1.54, 1.807) is 4.90 Å². The first-order chi connectivity index (χ1) is 12.2. The molecule has 1 aromatic heterocycles. The number of hydrogen-bond donors (Lipinski definition) is 1. The van der Waals surface area contributed by atoms with Gasteiger partial charge in [0.1, 0.15) is 5.56 Å². The number of nitrogens with two attached hydrogens (primary N) is 1. The molecule has 0 spiro atoms. The molecule has 0 radical (unpaired) electrons. The van der Waals surface area contributed by atoms with Gasteiger partial charge in [-0.15, -0.1) is 12.4 Å². The van der Waals surface area contributed by atoms with Crippen molar-refractivity contribution in [2.75, 3.05) is 44.3 Å². The van der Waals surface area contributed by atoms with E-state index in [2.05, 4.69) is 10.1 Å². The molecule has 2 aliphatic heterocycles. The van der Waals surface area contributed by atoms with Gasteiger partial charge in [-0.2, -0.15) is 0 Å². The predicted molar refractivity (Wildman–Crippen MR) is 101 cm³/mol. The van der Waals surface area contributed by atoms with Crippen molar-refractivity contribution in [2.45, 2.75) is 12.5 Å². The number of morpholine rings is 1. The summed E-state index contributed by atoms with van der Waals surface area (Å²) in [5, 5.41) is 4.24. The molecule has 140 valence electrons. The van der Waals surface area contributed by atoms with Crippen LogP contribution < -0.4 is 10.6 Å². The minimum atomic E-state index is -0.0606. The lowest BCUT2D eigenvalue weighted by molar-refractivity contribution is 0.0790. The first-order valence-corrected chi connectivity index (χ1v) is 8.66. The Morgan fingerprint density at radius 2 is 1.88 bits per heavy atom. The third-order valence-electron chi connectivity index (χ3n) is 4.75. The van der Waals surface area contributed by atoms with E-state index >= 15 is 0 Å². The van der Waals surface area contributed by atoms with E-state index in [1.165, 1.54) is 0 Å². The van der Waals surface area contributed by atoms with Crippen LogP contribution in [0.4, 0.5) is 5.82 Å². The second kappa shape index (κ2) is 8.07. The molecule has 0 saturated carbocycles. The Labute approximate surface area is 158 Å². The van der Waals surface area contributed by atoms with Crippen molar-refractivity contribution in [1.82, 2.24) is 10.1 Å². The van der Waals surface area contributed by atoms with Crippen LogP contribution in [0.3, 0.4) is 0 Å². The number of carbonyl (C=O) groups is 1.